The second-order valence-electron chi connectivity index (χ2n) is 3.15. The molecular formula is C11H13NO4S. The molecule has 0 unspecified atom stereocenters. The first-order valence-corrected chi connectivity index (χ1v) is 6.49. The largest absolute Gasteiger partial charge is 0.382 e. The predicted octanol–water partition coefficient (Wildman–Crippen LogP) is 0.697. The van der Waals surface area contributed by atoms with Crippen LogP contribution in [0.5, 0.6) is 5.75 Å². The quantitative estimate of drug-likeness (QED) is 0.600. The summed E-state index contributed by atoms with van der Waals surface area (Å²) in [6.07, 6.45) is 1.07. The zero-order valence-corrected chi connectivity index (χ0v) is 9.94. The minimum absolute atomic E-state index is 0.0139. The summed E-state index contributed by atoms with van der Waals surface area (Å²) >= 11 is 0. The molecular weight excluding hydrogens is 242 g/mol. The fourth-order valence-corrected chi connectivity index (χ4v) is 1.88. The summed E-state index contributed by atoms with van der Waals surface area (Å²) in [5.41, 5.74) is 0. The van der Waals surface area contributed by atoms with Crippen molar-refractivity contribution in [2.24, 2.45) is 0 Å². The summed E-state index contributed by atoms with van der Waals surface area (Å²) in [5.74, 6) is -0.455. The van der Waals surface area contributed by atoms with E-state index in [9.17, 15) is 13.2 Å². The van der Waals surface area contributed by atoms with Gasteiger partial charge in [0.15, 0.2) is 0 Å². The number of para-hydroxylation sites is 1. The SMILES string of the molecule is C=CC(=O)NCCS(=O)(=O)Oc1ccccc1. The van der Waals surface area contributed by atoms with Gasteiger partial charge < -0.3 is 9.50 Å². The number of hydrogen-bond donors (Lipinski definition) is 1. The van der Waals surface area contributed by atoms with Gasteiger partial charge in [-0.05, 0) is 18.2 Å². The van der Waals surface area contributed by atoms with Crippen LogP contribution in [0.2, 0.25) is 0 Å². The molecule has 0 spiro atoms. The van der Waals surface area contributed by atoms with E-state index in [2.05, 4.69) is 11.9 Å². The first kappa shape index (κ1) is 13.2. The van der Waals surface area contributed by atoms with Crippen molar-refractivity contribution < 1.29 is 17.4 Å². The minimum atomic E-state index is -3.69. The summed E-state index contributed by atoms with van der Waals surface area (Å²) in [6.45, 7) is 3.24. The highest BCUT2D eigenvalue weighted by Crippen LogP contribution is 2.11. The Kier molecular flexibility index (Phi) is 4.71. The Morgan fingerprint density at radius 2 is 2.00 bits per heavy atom. The standard InChI is InChI=1S/C11H13NO4S/c1-2-11(13)12-8-9-17(14,15)16-10-6-4-3-5-7-10/h2-7H,1,8-9H2,(H,12,13). The number of benzene rings is 1. The van der Waals surface area contributed by atoms with Gasteiger partial charge in [-0.2, -0.15) is 8.42 Å². The van der Waals surface area contributed by atoms with Crippen LogP contribution in [0.4, 0.5) is 0 Å². The average molecular weight is 255 g/mol. The van der Waals surface area contributed by atoms with Gasteiger partial charge in [0, 0.05) is 6.54 Å². The third-order valence-corrected chi connectivity index (χ3v) is 2.95. The Morgan fingerprint density at radius 3 is 2.59 bits per heavy atom. The lowest BCUT2D eigenvalue weighted by Gasteiger charge is -2.06. The van der Waals surface area contributed by atoms with Crippen molar-refractivity contribution >= 4 is 16.0 Å². The van der Waals surface area contributed by atoms with Gasteiger partial charge in [-0.15, -0.1) is 0 Å². The summed E-state index contributed by atoms with van der Waals surface area (Å²) < 4.78 is 27.8. The number of carbonyl (C=O) groups is 1. The lowest BCUT2D eigenvalue weighted by atomic mass is 10.3. The zero-order chi connectivity index (χ0) is 12.7. The van der Waals surface area contributed by atoms with E-state index in [0.29, 0.717) is 0 Å². The van der Waals surface area contributed by atoms with E-state index in [4.69, 9.17) is 4.18 Å². The summed E-state index contributed by atoms with van der Waals surface area (Å²) in [7, 11) is -3.69. The number of rotatable bonds is 6. The molecule has 0 aliphatic rings. The van der Waals surface area contributed by atoms with Crippen LogP contribution in [0.1, 0.15) is 0 Å². The van der Waals surface area contributed by atoms with E-state index in [1.165, 1.54) is 0 Å². The Bertz CT molecular complexity index is 481. The van der Waals surface area contributed by atoms with Crippen LogP contribution < -0.4 is 9.50 Å². The molecule has 0 heterocycles. The second kappa shape index (κ2) is 6.05. The number of nitrogens with one attached hydrogen (secondary N) is 1. The predicted molar refractivity (Wildman–Crippen MR) is 64.1 cm³/mol. The summed E-state index contributed by atoms with van der Waals surface area (Å²) in [4.78, 5) is 10.8. The smallest absolute Gasteiger partial charge is 0.310 e. The average Bonchev–Trinajstić information content (AvgIpc) is 2.29. The third-order valence-electron chi connectivity index (χ3n) is 1.80. The molecule has 0 bridgehead atoms. The van der Waals surface area contributed by atoms with Gasteiger partial charge in [0.2, 0.25) is 5.91 Å². The van der Waals surface area contributed by atoms with Crippen molar-refractivity contribution in [2.45, 2.75) is 0 Å². The van der Waals surface area contributed by atoms with E-state index < -0.39 is 16.0 Å². The van der Waals surface area contributed by atoms with Gasteiger partial charge in [-0.3, -0.25) is 4.79 Å². The van der Waals surface area contributed by atoms with Crippen molar-refractivity contribution in [3.63, 3.8) is 0 Å². The molecule has 0 aromatic heterocycles. The molecule has 0 aliphatic heterocycles. The van der Waals surface area contributed by atoms with Gasteiger partial charge >= 0.3 is 10.1 Å². The van der Waals surface area contributed by atoms with Crippen molar-refractivity contribution in [3.05, 3.63) is 43.0 Å². The van der Waals surface area contributed by atoms with Crippen LogP contribution in [0, 0.1) is 0 Å². The number of amides is 1. The molecule has 0 aliphatic carbocycles. The maximum Gasteiger partial charge on any atom is 0.310 e. The summed E-state index contributed by atoms with van der Waals surface area (Å²) in [5, 5.41) is 2.36. The first-order valence-electron chi connectivity index (χ1n) is 4.91. The van der Waals surface area contributed by atoms with E-state index in [0.717, 1.165) is 6.08 Å². The van der Waals surface area contributed by atoms with Crippen molar-refractivity contribution in [1.82, 2.24) is 5.32 Å². The normalized spacial score (nSPS) is 10.6. The lowest BCUT2D eigenvalue weighted by Crippen LogP contribution is -2.29. The molecule has 0 radical (unpaired) electrons. The van der Waals surface area contributed by atoms with Gasteiger partial charge in [0.1, 0.15) is 11.5 Å². The molecule has 1 N–H and O–H groups in total. The molecule has 17 heavy (non-hydrogen) atoms. The number of hydrogen-bond acceptors (Lipinski definition) is 4. The molecule has 92 valence electrons. The van der Waals surface area contributed by atoms with E-state index in [-0.39, 0.29) is 18.0 Å². The highest BCUT2D eigenvalue weighted by atomic mass is 32.2. The molecule has 1 aromatic carbocycles. The number of carbonyl (C=O) groups excluding carboxylic acids is 1. The van der Waals surface area contributed by atoms with Crippen LogP contribution in [0.25, 0.3) is 0 Å². The highest BCUT2D eigenvalue weighted by molar-refractivity contribution is 7.87. The molecule has 0 fully saturated rings. The minimum Gasteiger partial charge on any atom is -0.382 e. The van der Waals surface area contributed by atoms with Crippen molar-refractivity contribution in [1.29, 1.82) is 0 Å². The van der Waals surface area contributed by atoms with E-state index in [1.807, 2.05) is 0 Å². The Morgan fingerprint density at radius 1 is 1.35 bits per heavy atom. The van der Waals surface area contributed by atoms with Crippen LogP contribution >= 0.6 is 0 Å². The zero-order valence-electron chi connectivity index (χ0n) is 9.13. The van der Waals surface area contributed by atoms with Gasteiger partial charge in [0.25, 0.3) is 0 Å². The first-order chi connectivity index (χ1) is 8.03. The maximum absolute atomic E-state index is 11.5. The van der Waals surface area contributed by atoms with Crippen LogP contribution in [-0.4, -0.2) is 26.6 Å². The maximum atomic E-state index is 11.5. The van der Waals surface area contributed by atoms with Crippen molar-refractivity contribution in [2.75, 3.05) is 12.3 Å². The molecule has 0 saturated heterocycles. The topological polar surface area (TPSA) is 72.5 Å². The molecule has 5 nitrogen and oxygen atoms in total. The van der Waals surface area contributed by atoms with Crippen LogP contribution in [-0.2, 0) is 14.9 Å². The molecule has 1 amide bonds. The Hall–Kier alpha value is -1.82. The molecule has 1 rings (SSSR count). The van der Waals surface area contributed by atoms with E-state index >= 15 is 0 Å². The second-order valence-corrected chi connectivity index (χ2v) is 4.84. The fraction of sp³-hybridized carbons (Fsp3) is 0.182. The van der Waals surface area contributed by atoms with E-state index in [1.54, 1.807) is 30.3 Å². The van der Waals surface area contributed by atoms with Crippen LogP contribution in [0.15, 0.2) is 43.0 Å². The molecule has 0 saturated carbocycles. The molecule has 0 atom stereocenters. The third kappa shape index (κ3) is 5.17. The molecule has 6 heteroatoms. The Balaban J connectivity index is 2.47. The summed E-state index contributed by atoms with van der Waals surface area (Å²) in [6, 6.07) is 8.18. The van der Waals surface area contributed by atoms with Gasteiger partial charge in [0.05, 0.1) is 0 Å². The van der Waals surface area contributed by atoms with Crippen LogP contribution in [0.3, 0.4) is 0 Å². The Labute approximate surface area is 100 Å². The monoisotopic (exact) mass is 255 g/mol. The lowest BCUT2D eigenvalue weighted by molar-refractivity contribution is -0.116. The fourth-order valence-electron chi connectivity index (χ4n) is 1.04. The van der Waals surface area contributed by atoms with Gasteiger partial charge in [-0.25, -0.2) is 0 Å². The van der Waals surface area contributed by atoms with Crippen molar-refractivity contribution in [3.8, 4) is 5.75 Å². The van der Waals surface area contributed by atoms with Gasteiger partial charge in [-0.1, -0.05) is 24.8 Å². The highest BCUT2D eigenvalue weighted by Gasteiger charge is 2.12. The molecule has 1 aromatic rings.